The predicted molar refractivity (Wildman–Crippen MR) is 67.9 cm³/mol. The molecule has 1 fully saturated rings. The smallest absolute Gasteiger partial charge is 0.323 e. The molecule has 1 aliphatic heterocycles. The number of nitrogens with zero attached hydrogens (tertiary/aromatic N) is 1. The highest BCUT2D eigenvalue weighted by Gasteiger charge is 2.36. The lowest BCUT2D eigenvalue weighted by Gasteiger charge is -2.07. The molecule has 1 aromatic rings. The minimum absolute atomic E-state index is 0.220. The van der Waals surface area contributed by atoms with Crippen molar-refractivity contribution in [3.05, 3.63) is 29.8 Å². The fourth-order valence-electron chi connectivity index (χ4n) is 1.70. The van der Waals surface area contributed by atoms with Gasteiger partial charge in [0.15, 0.2) is 6.10 Å². The van der Waals surface area contributed by atoms with Crippen LogP contribution in [0.5, 0.6) is 0 Å². The third kappa shape index (κ3) is 2.51. The first-order valence-electron chi connectivity index (χ1n) is 5.30. The van der Waals surface area contributed by atoms with E-state index >= 15 is 0 Å². The van der Waals surface area contributed by atoms with Gasteiger partial charge in [-0.05, 0) is 36.5 Å². The van der Waals surface area contributed by atoms with E-state index in [4.69, 9.17) is 10.5 Å². The van der Waals surface area contributed by atoms with Gasteiger partial charge in [-0.25, -0.2) is 0 Å². The fourth-order valence-corrected chi connectivity index (χ4v) is 1.81. The summed E-state index contributed by atoms with van der Waals surface area (Å²) in [5, 5.41) is 2.24. The van der Waals surface area contributed by atoms with Crippen molar-refractivity contribution in [1.82, 2.24) is 0 Å². The molecule has 2 atom stereocenters. The molecule has 0 saturated carbocycles. The molecule has 1 aliphatic rings. The molecule has 0 aromatic heterocycles. The van der Waals surface area contributed by atoms with Crippen molar-refractivity contribution in [1.29, 1.82) is 0 Å². The van der Waals surface area contributed by atoms with Crippen molar-refractivity contribution in [2.24, 2.45) is 10.7 Å². The number of thiocarbonyl (C=S) groups is 1. The molecule has 6 heteroatoms. The van der Waals surface area contributed by atoms with Gasteiger partial charge < -0.3 is 10.5 Å². The summed E-state index contributed by atoms with van der Waals surface area (Å²) in [6, 6.07) is 5.78. The molecule has 0 amide bonds. The van der Waals surface area contributed by atoms with Crippen LogP contribution in [-0.2, 0) is 9.53 Å². The minimum atomic E-state index is -0.785. The molecule has 2 N–H and O–H groups in total. The zero-order valence-electron chi connectivity index (χ0n) is 9.33. The van der Waals surface area contributed by atoms with E-state index < -0.39 is 18.1 Å². The average molecular weight is 262 g/mol. The lowest BCUT2D eigenvalue weighted by atomic mass is 10.0. The number of ether oxygens (including phenoxy) is 1. The maximum absolute atomic E-state index is 12.0. The van der Waals surface area contributed by atoms with E-state index in [1.165, 1.54) is 0 Å². The Kier molecular flexibility index (Phi) is 3.62. The Bertz CT molecular complexity index is 535. The highest BCUT2D eigenvalue weighted by molar-refractivity contribution is 7.78. The van der Waals surface area contributed by atoms with Gasteiger partial charge in [0.2, 0.25) is 5.78 Å². The Morgan fingerprint density at radius 3 is 2.61 bits per heavy atom. The largest absolute Gasteiger partial charge is 0.453 e. The second-order valence-electron chi connectivity index (χ2n) is 3.88. The summed E-state index contributed by atoms with van der Waals surface area (Å²) in [5.41, 5.74) is 6.55. The number of rotatable bonds is 3. The number of aliphatic imine (C=N–C) groups is 1. The number of hydrogen-bond donors (Lipinski definition) is 1. The van der Waals surface area contributed by atoms with Crippen LogP contribution in [0.2, 0.25) is 0 Å². The Balaban J connectivity index is 2.14. The number of cyclic esters (lactones) is 1. The Labute approximate surface area is 109 Å². The molecule has 0 radical (unpaired) electrons. The molecule has 18 heavy (non-hydrogen) atoms. The Morgan fingerprint density at radius 2 is 2.11 bits per heavy atom. The number of nitrogens with two attached hydrogens (primary N) is 1. The lowest BCUT2D eigenvalue weighted by molar-refractivity contribution is -0.141. The van der Waals surface area contributed by atoms with Gasteiger partial charge in [-0.2, -0.15) is 4.99 Å². The molecule has 1 saturated heterocycles. The van der Waals surface area contributed by atoms with Crippen LogP contribution in [0, 0.1) is 0 Å². The second kappa shape index (κ2) is 5.18. The standard InChI is InChI=1S/C12H10N2O3S/c13-9-5-10(17-12(9)16)11(15)7-1-3-8(4-2-7)14-6-18/h1-4,9-10H,5,13H2/t9-,10+/m0/s1. The quantitative estimate of drug-likeness (QED) is 0.383. The number of Topliss-reactive ketones (excluding diaryl/α,β-unsaturated/α-hetero) is 1. The van der Waals surface area contributed by atoms with E-state index in [1.807, 2.05) is 0 Å². The van der Waals surface area contributed by atoms with Crippen LogP contribution in [0.15, 0.2) is 29.3 Å². The molecule has 0 unspecified atom stereocenters. The van der Waals surface area contributed by atoms with E-state index in [1.54, 1.807) is 24.3 Å². The molecule has 0 aliphatic carbocycles. The van der Waals surface area contributed by atoms with Gasteiger partial charge in [0.05, 0.1) is 10.8 Å². The van der Waals surface area contributed by atoms with E-state index in [0.717, 1.165) is 0 Å². The fraction of sp³-hybridized carbons (Fsp3) is 0.250. The van der Waals surface area contributed by atoms with Gasteiger partial charge in [-0.3, -0.25) is 9.59 Å². The second-order valence-corrected chi connectivity index (χ2v) is 4.06. The van der Waals surface area contributed by atoms with Gasteiger partial charge in [0, 0.05) is 12.0 Å². The van der Waals surface area contributed by atoms with E-state index in [2.05, 4.69) is 22.4 Å². The monoisotopic (exact) mass is 262 g/mol. The van der Waals surface area contributed by atoms with Crippen molar-refractivity contribution in [2.45, 2.75) is 18.6 Å². The van der Waals surface area contributed by atoms with Crippen molar-refractivity contribution in [3.63, 3.8) is 0 Å². The molecular formula is C12H10N2O3S. The maximum Gasteiger partial charge on any atom is 0.323 e. The predicted octanol–water partition coefficient (Wildman–Crippen LogP) is 1.25. The highest BCUT2D eigenvalue weighted by atomic mass is 32.1. The summed E-state index contributed by atoms with van der Waals surface area (Å²) in [7, 11) is 0. The SMILES string of the molecule is N[C@H]1C[C@H](C(=O)c2ccc(N=C=S)cc2)OC1=O. The summed E-state index contributed by atoms with van der Waals surface area (Å²) in [4.78, 5) is 26.9. The third-order valence-electron chi connectivity index (χ3n) is 2.65. The summed E-state index contributed by atoms with van der Waals surface area (Å²) >= 11 is 4.48. The van der Waals surface area contributed by atoms with Gasteiger partial charge in [0.25, 0.3) is 0 Å². The summed E-state index contributed by atoms with van der Waals surface area (Å²) in [5.74, 6) is -0.788. The van der Waals surface area contributed by atoms with Crippen LogP contribution in [0.3, 0.4) is 0 Å². The normalized spacial score (nSPS) is 22.2. The topological polar surface area (TPSA) is 81.8 Å². The van der Waals surface area contributed by atoms with Gasteiger partial charge in [-0.15, -0.1) is 0 Å². The molecule has 0 bridgehead atoms. The van der Waals surface area contributed by atoms with Crippen molar-refractivity contribution in [2.75, 3.05) is 0 Å². The Morgan fingerprint density at radius 1 is 1.44 bits per heavy atom. The molecular weight excluding hydrogens is 252 g/mol. The number of isothiocyanates is 1. The minimum Gasteiger partial charge on any atom is -0.453 e. The van der Waals surface area contributed by atoms with Gasteiger partial charge in [-0.1, -0.05) is 0 Å². The van der Waals surface area contributed by atoms with Crippen molar-refractivity contribution >= 4 is 34.8 Å². The van der Waals surface area contributed by atoms with E-state index in [0.29, 0.717) is 11.3 Å². The van der Waals surface area contributed by atoms with E-state index in [9.17, 15) is 9.59 Å². The van der Waals surface area contributed by atoms with Crippen LogP contribution in [0.4, 0.5) is 5.69 Å². The summed E-state index contributed by atoms with van der Waals surface area (Å²) < 4.78 is 4.90. The lowest BCUT2D eigenvalue weighted by Crippen LogP contribution is -2.25. The van der Waals surface area contributed by atoms with Crippen molar-refractivity contribution < 1.29 is 14.3 Å². The highest BCUT2D eigenvalue weighted by Crippen LogP contribution is 2.20. The first-order valence-corrected chi connectivity index (χ1v) is 5.71. The number of hydrogen-bond acceptors (Lipinski definition) is 6. The zero-order valence-corrected chi connectivity index (χ0v) is 10.1. The van der Waals surface area contributed by atoms with E-state index in [-0.39, 0.29) is 12.2 Å². The van der Waals surface area contributed by atoms with Crippen LogP contribution in [0.25, 0.3) is 0 Å². The number of ketones is 1. The molecule has 0 spiro atoms. The van der Waals surface area contributed by atoms with Gasteiger partial charge >= 0.3 is 5.97 Å². The Hall–Kier alpha value is -1.88. The number of carbonyl (C=O) groups excluding carboxylic acids is 2. The van der Waals surface area contributed by atoms with Gasteiger partial charge in [0.1, 0.15) is 6.04 Å². The summed E-state index contributed by atoms with van der Waals surface area (Å²) in [6.45, 7) is 0. The van der Waals surface area contributed by atoms with Crippen LogP contribution < -0.4 is 5.73 Å². The molecule has 1 heterocycles. The van der Waals surface area contributed by atoms with Crippen LogP contribution >= 0.6 is 12.2 Å². The van der Waals surface area contributed by atoms with Crippen molar-refractivity contribution in [3.8, 4) is 0 Å². The molecule has 1 aromatic carbocycles. The number of carbonyl (C=O) groups is 2. The van der Waals surface area contributed by atoms with Crippen LogP contribution in [-0.4, -0.2) is 29.1 Å². The van der Waals surface area contributed by atoms with Crippen LogP contribution in [0.1, 0.15) is 16.8 Å². The molecule has 2 rings (SSSR count). The summed E-state index contributed by atoms with van der Waals surface area (Å²) in [6.07, 6.45) is -0.565. The first-order chi connectivity index (χ1) is 8.61. The average Bonchev–Trinajstić information content (AvgIpc) is 2.70. The first kappa shape index (κ1) is 12.6. The number of esters is 1. The third-order valence-corrected chi connectivity index (χ3v) is 2.74. The maximum atomic E-state index is 12.0. The molecule has 92 valence electrons. The number of benzene rings is 1. The molecule has 5 nitrogen and oxygen atoms in total. The zero-order chi connectivity index (χ0) is 13.1.